The van der Waals surface area contributed by atoms with Crippen molar-refractivity contribution in [1.29, 1.82) is 0 Å². The molecule has 3 rings (SSSR count). The van der Waals surface area contributed by atoms with Crippen LogP contribution in [0.2, 0.25) is 5.02 Å². The average Bonchev–Trinajstić information content (AvgIpc) is 3.02. The summed E-state index contributed by atoms with van der Waals surface area (Å²) in [6.45, 7) is 8.69. The molecule has 0 bridgehead atoms. The summed E-state index contributed by atoms with van der Waals surface area (Å²) in [7, 11) is 0. The molecular formula is C22H24ClNO4. The molecule has 1 aromatic heterocycles. The van der Waals surface area contributed by atoms with Crippen LogP contribution in [0.4, 0.5) is 0 Å². The van der Waals surface area contributed by atoms with Crippen LogP contribution in [0.15, 0.2) is 40.8 Å². The highest BCUT2D eigenvalue weighted by molar-refractivity contribution is 6.35. The Kier molecular flexibility index (Phi) is 6.15. The summed E-state index contributed by atoms with van der Waals surface area (Å²) >= 11 is 6.19. The zero-order valence-electron chi connectivity index (χ0n) is 16.5. The molecule has 2 aromatic carbocycles. The molecule has 0 saturated heterocycles. The smallest absolute Gasteiger partial charge is 0.287 e. The molecule has 0 saturated carbocycles. The quantitative estimate of drug-likeness (QED) is 0.553. The summed E-state index contributed by atoms with van der Waals surface area (Å²) in [5.74, 6) is 1.33. The molecule has 0 fully saturated rings. The largest absolute Gasteiger partial charge is 0.490 e. The molecular weight excluding hydrogens is 378 g/mol. The number of halogens is 1. The molecule has 1 heterocycles. The molecule has 0 radical (unpaired) electrons. The van der Waals surface area contributed by atoms with Crippen LogP contribution < -0.4 is 14.8 Å². The van der Waals surface area contributed by atoms with Crippen molar-refractivity contribution < 1.29 is 18.7 Å². The van der Waals surface area contributed by atoms with Crippen LogP contribution in [-0.2, 0) is 0 Å². The number of ether oxygens (including phenoxy) is 2. The first kappa shape index (κ1) is 20.1. The highest BCUT2D eigenvalue weighted by atomic mass is 35.5. The normalized spacial score (nSPS) is 12.0. The number of rotatable bonds is 7. The van der Waals surface area contributed by atoms with Crippen molar-refractivity contribution >= 4 is 28.5 Å². The highest BCUT2D eigenvalue weighted by Gasteiger charge is 2.21. The van der Waals surface area contributed by atoms with E-state index in [1.54, 1.807) is 6.07 Å². The molecule has 28 heavy (non-hydrogen) atoms. The Morgan fingerprint density at radius 1 is 1.14 bits per heavy atom. The maximum Gasteiger partial charge on any atom is 0.287 e. The zero-order chi connectivity index (χ0) is 20.3. The summed E-state index contributed by atoms with van der Waals surface area (Å²) in [5, 5.41) is 4.31. The number of fused-ring (bicyclic) bond motifs is 1. The predicted octanol–water partition coefficient (Wildman–Crippen LogP) is 5.68. The minimum absolute atomic E-state index is 0.245. The summed E-state index contributed by atoms with van der Waals surface area (Å²) < 4.78 is 17.0. The van der Waals surface area contributed by atoms with E-state index in [1.165, 1.54) is 0 Å². The third-order valence-corrected chi connectivity index (χ3v) is 4.83. The number of hydrogen-bond acceptors (Lipinski definition) is 4. The fourth-order valence-corrected chi connectivity index (χ4v) is 3.32. The lowest BCUT2D eigenvalue weighted by Gasteiger charge is -2.17. The molecule has 5 nitrogen and oxygen atoms in total. The van der Waals surface area contributed by atoms with Gasteiger partial charge >= 0.3 is 0 Å². The molecule has 3 aromatic rings. The third-order valence-electron chi connectivity index (χ3n) is 4.54. The Labute approximate surface area is 169 Å². The molecule has 1 atom stereocenters. The van der Waals surface area contributed by atoms with Gasteiger partial charge in [-0.2, -0.15) is 0 Å². The van der Waals surface area contributed by atoms with Crippen LogP contribution in [0, 0.1) is 6.92 Å². The molecule has 1 amide bonds. The third kappa shape index (κ3) is 3.94. The maximum absolute atomic E-state index is 12.8. The molecule has 1 unspecified atom stereocenters. The van der Waals surface area contributed by atoms with Gasteiger partial charge in [0.15, 0.2) is 22.8 Å². The Morgan fingerprint density at radius 3 is 2.54 bits per heavy atom. The highest BCUT2D eigenvalue weighted by Crippen LogP contribution is 2.32. The van der Waals surface area contributed by atoms with Crippen LogP contribution in [0.3, 0.4) is 0 Å². The van der Waals surface area contributed by atoms with Crippen molar-refractivity contribution in [1.82, 2.24) is 5.32 Å². The van der Waals surface area contributed by atoms with Gasteiger partial charge in [-0.15, -0.1) is 0 Å². The van der Waals surface area contributed by atoms with E-state index >= 15 is 0 Å². The second-order valence-electron chi connectivity index (χ2n) is 6.44. The van der Waals surface area contributed by atoms with Gasteiger partial charge in [0, 0.05) is 10.9 Å². The van der Waals surface area contributed by atoms with Gasteiger partial charge in [-0.3, -0.25) is 4.79 Å². The predicted molar refractivity (Wildman–Crippen MR) is 111 cm³/mol. The second-order valence-corrected chi connectivity index (χ2v) is 6.85. The number of furan rings is 1. The van der Waals surface area contributed by atoms with Crippen LogP contribution in [0.5, 0.6) is 11.5 Å². The van der Waals surface area contributed by atoms with Gasteiger partial charge in [-0.1, -0.05) is 29.8 Å². The van der Waals surface area contributed by atoms with Gasteiger partial charge in [0.2, 0.25) is 0 Å². The molecule has 148 valence electrons. The Balaban J connectivity index is 1.84. The first-order valence-electron chi connectivity index (χ1n) is 9.34. The lowest BCUT2D eigenvalue weighted by molar-refractivity contribution is 0.0913. The summed E-state index contributed by atoms with van der Waals surface area (Å²) in [6, 6.07) is 10.9. The van der Waals surface area contributed by atoms with Gasteiger partial charge in [-0.25, -0.2) is 0 Å². The molecule has 0 aliphatic carbocycles. The van der Waals surface area contributed by atoms with Crippen molar-refractivity contribution in [3.8, 4) is 11.5 Å². The van der Waals surface area contributed by atoms with E-state index in [1.807, 2.05) is 58.0 Å². The minimum Gasteiger partial charge on any atom is -0.490 e. The number of amides is 1. The summed E-state index contributed by atoms with van der Waals surface area (Å²) in [4.78, 5) is 12.8. The van der Waals surface area contributed by atoms with Gasteiger partial charge in [0.05, 0.1) is 24.3 Å². The number of nitrogens with one attached hydrogen (secondary N) is 1. The van der Waals surface area contributed by atoms with Crippen molar-refractivity contribution in [2.75, 3.05) is 13.2 Å². The van der Waals surface area contributed by atoms with E-state index in [9.17, 15) is 4.79 Å². The monoisotopic (exact) mass is 401 g/mol. The van der Waals surface area contributed by atoms with Crippen LogP contribution in [0.1, 0.15) is 48.5 Å². The standard InChI is InChI=1S/C22H24ClNO4/c1-5-26-18-11-10-15(12-19(18)27-6-2)14(4)24-22(25)20-13(3)16-8-7-9-17(23)21(16)28-20/h7-12,14H,5-6H2,1-4H3,(H,24,25). The van der Waals surface area contributed by atoms with Crippen LogP contribution >= 0.6 is 11.6 Å². The molecule has 0 aliphatic heterocycles. The minimum atomic E-state index is -0.288. The van der Waals surface area contributed by atoms with Gasteiger partial charge in [0.1, 0.15) is 0 Å². The fraction of sp³-hybridized carbons (Fsp3) is 0.318. The molecule has 0 spiro atoms. The topological polar surface area (TPSA) is 60.7 Å². The average molecular weight is 402 g/mol. The number of aryl methyl sites for hydroxylation is 1. The summed E-state index contributed by atoms with van der Waals surface area (Å²) in [5.41, 5.74) is 2.20. The zero-order valence-corrected chi connectivity index (χ0v) is 17.2. The Bertz CT molecular complexity index is 996. The number of para-hydroxylation sites is 1. The van der Waals surface area contributed by atoms with E-state index in [4.69, 9.17) is 25.5 Å². The number of hydrogen-bond donors (Lipinski definition) is 1. The Morgan fingerprint density at radius 2 is 1.86 bits per heavy atom. The summed E-state index contributed by atoms with van der Waals surface area (Å²) in [6.07, 6.45) is 0. The first-order valence-corrected chi connectivity index (χ1v) is 9.72. The van der Waals surface area contributed by atoms with Gasteiger partial charge < -0.3 is 19.2 Å². The van der Waals surface area contributed by atoms with E-state index in [0.29, 0.717) is 35.3 Å². The second kappa shape index (κ2) is 8.57. The van der Waals surface area contributed by atoms with Crippen LogP contribution in [0.25, 0.3) is 11.0 Å². The Hall–Kier alpha value is -2.66. The number of carbonyl (C=O) groups is 1. The van der Waals surface area contributed by atoms with Gasteiger partial charge in [-0.05, 0) is 51.5 Å². The van der Waals surface area contributed by atoms with E-state index in [-0.39, 0.29) is 17.7 Å². The molecule has 0 aliphatic rings. The lowest BCUT2D eigenvalue weighted by Crippen LogP contribution is -2.26. The van der Waals surface area contributed by atoms with E-state index in [0.717, 1.165) is 16.5 Å². The first-order chi connectivity index (χ1) is 13.5. The SMILES string of the molecule is CCOc1ccc(C(C)NC(=O)c2oc3c(Cl)cccc3c2C)cc1OCC. The van der Waals surface area contributed by atoms with E-state index in [2.05, 4.69) is 5.32 Å². The van der Waals surface area contributed by atoms with Gasteiger partial charge in [0.25, 0.3) is 5.91 Å². The van der Waals surface area contributed by atoms with Crippen molar-refractivity contribution in [2.24, 2.45) is 0 Å². The lowest BCUT2D eigenvalue weighted by atomic mass is 10.1. The van der Waals surface area contributed by atoms with Crippen LogP contribution in [-0.4, -0.2) is 19.1 Å². The van der Waals surface area contributed by atoms with Crippen molar-refractivity contribution in [3.05, 3.63) is 58.3 Å². The molecule has 6 heteroatoms. The van der Waals surface area contributed by atoms with E-state index < -0.39 is 0 Å². The van der Waals surface area contributed by atoms with Crippen molar-refractivity contribution in [2.45, 2.75) is 33.7 Å². The van der Waals surface area contributed by atoms with Crippen molar-refractivity contribution in [3.63, 3.8) is 0 Å². The number of benzene rings is 2. The number of carbonyl (C=O) groups excluding carboxylic acids is 1. The maximum atomic E-state index is 12.8. The fourth-order valence-electron chi connectivity index (χ4n) is 3.11. The molecule has 1 N–H and O–H groups in total.